The predicted octanol–water partition coefficient (Wildman–Crippen LogP) is 1.14. The molecule has 28 heavy (non-hydrogen) atoms. The molecule has 0 spiro atoms. The Morgan fingerprint density at radius 2 is 2.11 bits per heavy atom. The van der Waals surface area contributed by atoms with Gasteiger partial charge in [-0.2, -0.15) is 0 Å². The number of sulfone groups is 1. The van der Waals surface area contributed by atoms with Gasteiger partial charge in [0.1, 0.15) is 0 Å². The lowest BCUT2D eigenvalue weighted by atomic mass is 10.2. The van der Waals surface area contributed by atoms with Crippen LogP contribution in [0.1, 0.15) is 25.8 Å². The highest BCUT2D eigenvalue weighted by molar-refractivity contribution is 8.00. The van der Waals surface area contributed by atoms with Gasteiger partial charge in [0, 0.05) is 12.6 Å². The van der Waals surface area contributed by atoms with Gasteiger partial charge in [-0.3, -0.25) is 9.36 Å². The molecule has 0 aliphatic carbocycles. The molecule has 1 aromatic carbocycles. The molecule has 2 heterocycles. The average molecular weight is 425 g/mol. The smallest absolute Gasteiger partial charge is 0.338 e. The van der Waals surface area contributed by atoms with Crippen molar-refractivity contribution < 1.29 is 13.2 Å². The Labute approximate surface area is 168 Å². The minimum absolute atomic E-state index is 0.0189. The number of carbonyl (C=O) groups is 1. The van der Waals surface area contributed by atoms with Crippen LogP contribution in [0.2, 0.25) is 0 Å². The molecule has 8 nitrogen and oxygen atoms in total. The zero-order valence-corrected chi connectivity index (χ0v) is 17.5. The summed E-state index contributed by atoms with van der Waals surface area (Å²) < 4.78 is 25.0. The maximum Gasteiger partial charge on any atom is 0.344 e. The Hall–Kier alpha value is -2.07. The second kappa shape index (κ2) is 8.52. The Morgan fingerprint density at radius 1 is 1.39 bits per heavy atom. The van der Waals surface area contributed by atoms with E-state index in [4.69, 9.17) is 0 Å². The molecule has 0 saturated carbocycles. The van der Waals surface area contributed by atoms with Gasteiger partial charge in [0.25, 0.3) is 0 Å². The topological polar surface area (TPSA) is 105 Å². The van der Waals surface area contributed by atoms with E-state index in [0.29, 0.717) is 24.7 Å². The van der Waals surface area contributed by atoms with Gasteiger partial charge in [0.15, 0.2) is 15.0 Å². The summed E-state index contributed by atoms with van der Waals surface area (Å²) in [5.41, 5.74) is 0.624. The van der Waals surface area contributed by atoms with Crippen molar-refractivity contribution in [2.75, 3.05) is 18.1 Å². The summed E-state index contributed by atoms with van der Waals surface area (Å²) in [4.78, 5) is 26.7. The summed E-state index contributed by atoms with van der Waals surface area (Å²) in [6.45, 7) is 4.41. The molecule has 1 amide bonds. The molecule has 0 radical (unpaired) electrons. The normalized spacial score (nSPS) is 19.4. The molecule has 1 N–H and O–H groups in total. The fourth-order valence-electron chi connectivity index (χ4n) is 3.36. The van der Waals surface area contributed by atoms with Crippen LogP contribution in [0.3, 0.4) is 0 Å². The lowest BCUT2D eigenvalue weighted by Gasteiger charge is -2.29. The summed E-state index contributed by atoms with van der Waals surface area (Å²) in [7, 11) is -3.07. The van der Waals surface area contributed by atoms with Crippen molar-refractivity contribution in [1.29, 1.82) is 0 Å². The van der Waals surface area contributed by atoms with Crippen molar-refractivity contribution in [3.05, 3.63) is 46.4 Å². The summed E-state index contributed by atoms with van der Waals surface area (Å²) in [6, 6.07) is 9.25. The van der Waals surface area contributed by atoms with Gasteiger partial charge in [-0.25, -0.2) is 18.3 Å². The summed E-state index contributed by atoms with van der Waals surface area (Å²) in [5.74, 6) is 0.000592. The first kappa shape index (κ1) is 20.7. The summed E-state index contributed by atoms with van der Waals surface area (Å²) in [5, 5.41) is 6.45. The molecule has 1 aromatic heterocycles. The van der Waals surface area contributed by atoms with Crippen molar-refractivity contribution >= 4 is 27.5 Å². The number of hydrogen-bond donors (Lipinski definition) is 1. The number of aromatic amines is 1. The summed E-state index contributed by atoms with van der Waals surface area (Å²) in [6.07, 6.45) is 0.473. The summed E-state index contributed by atoms with van der Waals surface area (Å²) >= 11 is 1.20. The highest BCUT2D eigenvalue weighted by Crippen LogP contribution is 2.25. The van der Waals surface area contributed by atoms with Crippen molar-refractivity contribution in [3.8, 4) is 0 Å². The molecule has 1 aliphatic heterocycles. The van der Waals surface area contributed by atoms with Crippen LogP contribution < -0.4 is 5.69 Å². The fraction of sp³-hybridized carbons (Fsp3) is 0.500. The molecule has 0 bridgehead atoms. The van der Waals surface area contributed by atoms with E-state index in [1.807, 2.05) is 37.3 Å². The number of H-pyrrole nitrogens is 1. The number of aromatic nitrogens is 3. The van der Waals surface area contributed by atoms with Crippen molar-refractivity contribution in [1.82, 2.24) is 19.7 Å². The maximum absolute atomic E-state index is 12.9. The molecule has 2 atom stereocenters. The van der Waals surface area contributed by atoms with Crippen molar-refractivity contribution in [3.63, 3.8) is 0 Å². The predicted molar refractivity (Wildman–Crippen MR) is 108 cm³/mol. The fourth-order valence-corrected chi connectivity index (χ4v) is 6.01. The minimum Gasteiger partial charge on any atom is -0.338 e. The molecule has 1 saturated heterocycles. The van der Waals surface area contributed by atoms with E-state index in [9.17, 15) is 18.0 Å². The van der Waals surface area contributed by atoms with Gasteiger partial charge in [0.05, 0.1) is 23.3 Å². The van der Waals surface area contributed by atoms with Crippen LogP contribution in [-0.4, -0.2) is 63.3 Å². The molecule has 152 valence electrons. The van der Waals surface area contributed by atoms with Crippen LogP contribution >= 0.6 is 11.8 Å². The van der Waals surface area contributed by atoms with Crippen molar-refractivity contribution in [2.45, 2.75) is 43.3 Å². The van der Waals surface area contributed by atoms with E-state index in [0.717, 1.165) is 5.56 Å². The molecule has 10 heteroatoms. The molecule has 1 aliphatic rings. The molecule has 3 rings (SSSR count). The maximum atomic E-state index is 12.9. The highest BCUT2D eigenvalue weighted by atomic mass is 32.2. The number of benzene rings is 1. The Balaban J connectivity index is 1.73. The van der Waals surface area contributed by atoms with Gasteiger partial charge in [-0.1, -0.05) is 42.1 Å². The van der Waals surface area contributed by atoms with Gasteiger partial charge in [-0.05, 0) is 25.8 Å². The first-order valence-electron chi connectivity index (χ1n) is 9.17. The zero-order valence-electron chi connectivity index (χ0n) is 15.9. The molecular formula is C18H24N4O4S2. The first-order valence-corrected chi connectivity index (χ1v) is 11.9. The minimum atomic E-state index is -3.07. The van der Waals surface area contributed by atoms with E-state index < -0.39 is 15.1 Å². The number of nitrogens with one attached hydrogen (secondary N) is 1. The zero-order chi connectivity index (χ0) is 20.3. The van der Waals surface area contributed by atoms with Crippen LogP contribution in [0, 0.1) is 0 Å². The number of carbonyl (C=O) groups excluding carboxylic acids is 1. The van der Waals surface area contributed by atoms with Crippen LogP contribution in [0.15, 0.2) is 40.3 Å². The highest BCUT2D eigenvalue weighted by Gasteiger charge is 2.35. The second-order valence-corrected chi connectivity index (χ2v) is 10.4. The van der Waals surface area contributed by atoms with Crippen LogP contribution in [0.5, 0.6) is 0 Å². The molecular weight excluding hydrogens is 400 g/mol. The third-order valence-electron chi connectivity index (χ3n) is 4.81. The van der Waals surface area contributed by atoms with E-state index in [2.05, 4.69) is 10.2 Å². The Bertz CT molecular complexity index is 985. The Kier molecular flexibility index (Phi) is 6.29. The number of hydrogen-bond acceptors (Lipinski definition) is 6. The lowest BCUT2D eigenvalue weighted by molar-refractivity contribution is -0.131. The average Bonchev–Trinajstić information content (AvgIpc) is 3.19. The molecule has 0 unspecified atom stereocenters. The van der Waals surface area contributed by atoms with E-state index in [-0.39, 0.29) is 29.1 Å². The van der Waals surface area contributed by atoms with Gasteiger partial charge >= 0.3 is 5.69 Å². The quantitative estimate of drug-likeness (QED) is 0.668. The first-order chi connectivity index (χ1) is 13.3. The SMILES string of the molecule is CCN(C(=O)[C@H](C)Sc1n[nH]c(=O)n1Cc1ccccc1)[C@H]1CCS(=O)(=O)C1. The number of rotatable bonds is 7. The largest absolute Gasteiger partial charge is 0.344 e. The molecule has 2 aromatic rings. The van der Waals surface area contributed by atoms with Crippen LogP contribution in [0.4, 0.5) is 0 Å². The van der Waals surface area contributed by atoms with Gasteiger partial charge in [0.2, 0.25) is 5.91 Å². The lowest BCUT2D eigenvalue weighted by Crippen LogP contribution is -2.44. The van der Waals surface area contributed by atoms with Gasteiger partial charge in [-0.15, -0.1) is 5.10 Å². The third kappa shape index (κ3) is 4.67. The second-order valence-electron chi connectivity index (χ2n) is 6.82. The third-order valence-corrected chi connectivity index (χ3v) is 7.64. The number of nitrogens with zero attached hydrogens (tertiary/aromatic N) is 3. The Morgan fingerprint density at radius 3 is 2.71 bits per heavy atom. The van der Waals surface area contributed by atoms with E-state index in [1.54, 1.807) is 11.8 Å². The van der Waals surface area contributed by atoms with E-state index >= 15 is 0 Å². The van der Waals surface area contributed by atoms with Crippen LogP contribution in [-0.2, 0) is 21.2 Å². The van der Waals surface area contributed by atoms with Crippen LogP contribution in [0.25, 0.3) is 0 Å². The van der Waals surface area contributed by atoms with Gasteiger partial charge < -0.3 is 4.90 Å². The monoisotopic (exact) mass is 424 g/mol. The van der Waals surface area contributed by atoms with E-state index in [1.165, 1.54) is 16.3 Å². The molecule has 1 fully saturated rings. The number of thioether (sulfide) groups is 1. The number of amides is 1. The van der Waals surface area contributed by atoms with Crippen molar-refractivity contribution in [2.24, 2.45) is 0 Å². The standard InChI is InChI=1S/C18H24N4O4S2/c1-3-21(15-9-10-28(25,26)12-15)16(23)13(2)27-18-20-19-17(24)22(18)11-14-7-5-4-6-8-14/h4-8,13,15H,3,9-12H2,1-2H3,(H,19,24)/t13-,15-/m0/s1.